The lowest BCUT2D eigenvalue weighted by Crippen LogP contribution is -2.54. The Labute approximate surface area is 112 Å². The molecule has 3 rings (SSSR count). The molecule has 1 aromatic carbocycles. The van der Waals surface area contributed by atoms with Crippen molar-refractivity contribution < 1.29 is 34.8 Å². The third-order valence-corrected chi connectivity index (χ3v) is 3.62. The molecule has 104 valence electrons. The van der Waals surface area contributed by atoms with Crippen LogP contribution < -0.4 is 5.11 Å². The van der Waals surface area contributed by atoms with Crippen molar-refractivity contribution >= 4 is 11.8 Å². The Balaban J connectivity index is 2.32. The highest BCUT2D eigenvalue weighted by Crippen LogP contribution is 2.54. The van der Waals surface area contributed by atoms with Crippen molar-refractivity contribution in [2.75, 3.05) is 6.61 Å². The second kappa shape index (κ2) is 3.66. The second-order valence-electron chi connectivity index (χ2n) is 4.57. The summed E-state index contributed by atoms with van der Waals surface area (Å²) in [5.74, 6) is -6.08. The number of ketones is 1. The molecule has 1 aromatic rings. The van der Waals surface area contributed by atoms with E-state index in [4.69, 9.17) is 9.84 Å². The number of Topliss-reactive ketones (excluding diaryl/α,β-unsaturated/α-hetero) is 1. The van der Waals surface area contributed by atoms with Gasteiger partial charge in [0.1, 0.15) is 12.4 Å². The Morgan fingerprint density at radius 2 is 1.95 bits per heavy atom. The van der Waals surface area contributed by atoms with Gasteiger partial charge in [-0.3, -0.25) is 4.79 Å². The minimum atomic E-state index is -2.83. The Hall–Kier alpha value is -2.22. The predicted octanol–water partition coefficient (Wildman–Crippen LogP) is -2.21. The maximum absolute atomic E-state index is 12.3. The van der Waals surface area contributed by atoms with Crippen LogP contribution in [0, 0.1) is 0 Å². The lowest BCUT2D eigenvalue weighted by Gasteiger charge is -2.30. The number of hydrogen-bond acceptors (Lipinski definition) is 7. The summed E-state index contributed by atoms with van der Waals surface area (Å²) in [6.45, 7) is -0.899. The molecule has 20 heavy (non-hydrogen) atoms. The number of carbonyl (C=O) groups is 2. The molecule has 0 aromatic heterocycles. The van der Waals surface area contributed by atoms with Crippen molar-refractivity contribution in [3.63, 3.8) is 0 Å². The first-order valence-corrected chi connectivity index (χ1v) is 5.71. The van der Waals surface area contributed by atoms with Gasteiger partial charge in [0.15, 0.2) is 0 Å². The first kappa shape index (κ1) is 12.8. The number of fused-ring (bicyclic) bond motifs is 3. The smallest absolute Gasteiger partial charge is 0.276 e. The number of aliphatic hydroxyl groups excluding tert-OH is 1. The summed E-state index contributed by atoms with van der Waals surface area (Å²) in [5.41, 5.74) is -3.89. The van der Waals surface area contributed by atoms with E-state index in [1.807, 2.05) is 0 Å². The van der Waals surface area contributed by atoms with E-state index in [9.17, 15) is 24.9 Å². The summed E-state index contributed by atoms with van der Waals surface area (Å²) in [6, 6.07) is 5.66. The van der Waals surface area contributed by atoms with Crippen LogP contribution in [0.25, 0.3) is 0 Å². The molecule has 2 aliphatic rings. The van der Waals surface area contributed by atoms with Crippen LogP contribution in [0.4, 0.5) is 0 Å². The van der Waals surface area contributed by atoms with Gasteiger partial charge in [0.2, 0.25) is 11.4 Å². The molecule has 1 aliphatic heterocycles. The molecular weight excluding hydrogens is 268 g/mol. The number of aliphatic hydroxyl groups is 3. The van der Waals surface area contributed by atoms with Crippen molar-refractivity contribution in [1.82, 2.24) is 0 Å². The fourth-order valence-corrected chi connectivity index (χ4v) is 2.74. The lowest BCUT2D eigenvalue weighted by molar-refractivity contribution is -0.303. The molecule has 0 bridgehead atoms. The van der Waals surface area contributed by atoms with Gasteiger partial charge >= 0.3 is 0 Å². The largest absolute Gasteiger partial charge is 0.545 e. The molecule has 2 atom stereocenters. The highest BCUT2D eigenvalue weighted by Gasteiger charge is 2.71. The highest BCUT2D eigenvalue weighted by atomic mass is 16.7. The molecule has 0 saturated heterocycles. The maximum Gasteiger partial charge on any atom is 0.276 e. The Kier molecular flexibility index (Phi) is 2.34. The van der Waals surface area contributed by atoms with E-state index in [0.29, 0.717) is 0 Å². The van der Waals surface area contributed by atoms with Crippen LogP contribution in [0.1, 0.15) is 15.9 Å². The number of aliphatic carboxylic acids is 1. The van der Waals surface area contributed by atoms with Gasteiger partial charge in [-0.15, -0.1) is 0 Å². The van der Waals surface area contributed by atoms with E-state index in [2.05, 4.69) is 0 Å². The fraction of sp³-hybridized carbons (Fsp3) is 0.231. The molecule has 7 heteroatoms. The van der Waals surface area contributed by atoms with E-state index in [-0.39, 0.29) is 11.1 Å². The van der Waals surface area contributed by atoms with Gasteiger partial charge in [0.25, 0.3) is 5.79 Å². The summed E-state index contributed by atoms with van der Waals surface area (Å²) in [7, 11) is 0. The van der Waals surface area contributed by atoms with Gasteiger partial charge < -0.3 is 30.0 Å². The van der Waals surface area contributed by atoms with E-state index < -0.39 is 41.1 Å². The van der Waals surface area contributed by atoms with Crippen LogP contribution in [0.2, 0.25) is 0 Å². The first-order valence-electron chi connectivity index (χ1n) is 5.71. The minimum Gasteiger partial charge on any atom is -0.545 e. The zero-order valence-electron chi connectivity index (χ0n) is 9.99. The number of carboxylic acids is 1. The molecule has 0 radical (unpaired) electrons. The molecule has 0 unspecified atom stereocenters. The lowest BCUT2D eigenvalue weighted by atomic mass is 9.86. The molecule has 0 saturated carbocycles. The van der Waals surface area contributed by atoms with Crippen LogP contribution >= 0.6 is 0 Å². The Morgan fingerprint density at radius 1 is 1.30 bits per heavy atom. The zero-order chi connectivity index (χ0) is 14.7. The summed E-state index contributed by atoms with van der Waals surface area (Å²) >= 11 is 0. The number of carbonyl (C=O) groups excluding carboxylic acids is 2. The van der Waals surface area contributed by atoms with Gasteiger partial charge in [0.05, 0.1) is 11.5 Å². The molecule has 0 spiro atoms. The molecular formula is C13H9O7-. The number of hydrogen-bond donors (Lipinski definition) is 3. The van der Waals surface area contributed by atoms with Gasteiger partial charge in [-0.05, 0) is 0 Å². The van der Waals surface area contributed by atoms with E-state index in [1.54, 1.807) is 0 Å². The number of carboxylic acid groups (broad SMARTS) is 1. The Bertz CT molecular complexity index is 677. The molecule has 7 nitrogen and oxygen atoms in total. The van der Waals surface area contributed by atoms with Crippen LogP contribution in [0.5, 0.6) is 0 Å². The van der Waals surface area contributed by atoms with Crippen molar-refractivity contribution in [3.05, 3.63) is 46.7 Å². The predicted molar refractivity (Wildman–Crippen MR) is 59.8 cm³/mol. The van der Waals surface area contributed by atoms with Gasteiger partial charge in [-0.25, -0.2) is 0 Å². The molecule has 1 aliphatic carbocycles. The average molecular weight is 277 g/mol. The number of benzene rings is 1. The van der Waals surface area contributed by atoms with Gasteiger partial charge in [-0.2, -0.15) is 0 Å². The third kappa shape index (κ3) is 1.15. The Morgan fingerprint density at radius 3 is 2.55 bits per heavy atom. The summed E-state index contributed by atoms with van der Waals surface area (Å²) in [5, 5.41) is 41.3. The maximum atomic E-state index is 12.3. The number of rotatable bonds is 2. The van der Waals surface area contributed by atoms with Crippen LogP contribution in [0.3, 0.4) is 0 Å². The molecule has 0 amide bonds. The third-order valence-electron chi connectivity index (χ3n) is 3.62. The van der Waals surface area contributed by atoms with E-state index in [0.717, 1.165) is 0 Å². The van der Waals surface area contributed by atoms with Crippen LogP contribution in [0.15, 0.2) is 35.6 Å². The van der Waals surface area contributed by atoms with Crippen molar-refractivity contribution in [2.45, 2.75) is 11.4 Å². The zero-order valence-corrected chi connectivity index (χ0v) is 9.99. The first-order chi connectivity index (χ1) is 9.38. The monoisotopic (exact) mass is 277 g/mol. The second-order valence-corrected chi connectivity index (χ2v) is 4.57. The minimum absolute atomic E-state index is 0.0479. The SMILES string of the molecule is O=C([O-])C1=C(CO)O[C@]2(O)c3ccccc3C(=O)[C@@]12O. The van der Waals surface area contributed by atoms with Gasteiger partial charge in [-0.1, -0.05) is 24.3 Å². The van der Waals surface area contributed by atoms with Crippen molar-refractivity contribution in [3.8, 4) is 0 Å². The summed E-state index contributed by atoms with van der Waals surface area (Å²) in [6.07, 6.45) is 0. The van der Waals surface area contributed by atoms with Gasteiger partial charge in [0, 0.05) is 11.1 Å². The summed E-state index contributed by atoms with van der Waals surface area (Å²) in [4.78, 5) is 23.5. The molecule has 3 N–H and O–H groups in total. The van der Waals surface area contributed by atoms with Crippen LogP contribution in [-0.2, 0) is 15.3 Å². The quantitative estimate of drug-likeness (QED) is 0.559. The van der Waals surface area contributed by atoms with Crippen molar-refractivity contribution in [1.29, 1.82) is 0 Å². The normalized spacial score (nSPS) is 31.1. The molecule has 1 heterocycles. The number of ether oxygens (including phenoxy) is 1. The molecule has 0 fully saturated rings. The van der Waals surface area contributed by atoms with E-state index in [1.165, 1.54) is 24.3 Å². The fourth-order valence-electron chi connectivity index (χ4n) is 2.74. The summed E-state index contributed by atoms with van der Waals surface area (Å²) < 4.78 is 4.99. The standard InChI is InChI=1S/C13H10O7/c14-5-8-9(11(16)17)12(18)10(15)6-3-1-2-4-7(6)13(12,19)20-8/h1-4,14,18-19H,5H2,(H,16,17)/p-1/t12-,13+/m0/s1. The topological polar surface area (TPSA) is 127 Å². The average Bonchev–Trinajstić information content (AvgIpc) is 2.76. The van der Waals surface area contributed by atoms with E-state index >= 15 is 0 Å². The highest BCUT2D eigenvalue weighted by molar-refractivity contribution is 6.15. The van der Waals surface area contributed by atoms with Crippen LogP contribution in [-0.4, -0.2) is 39.3 Å². The van der Waals surface area contributed by atoms with Crippen molar-refractivity contribution in [2.24, 2.45) is 0 Å².